The first-order valence-electron chi connectivity index (χ1n) is 11.6. The summed E-state index contributed by atoms with van der Waals surface area (Å²) in [6, 6.07) is 8.75. The molecular formula is C26H30Cl4N4O3. The number of ketones is 1. The van der Waals surface area contributed by atoms with Crippen LogP contribution < -0.4 is 16.4 Å². The lowest BCUT2D eigenvalue weighted by Gasteiger charge is -2.31. The molecule has 11 heteroatoms. The zero-order chi connectivity index (χ0) is 25.3. The van der Waals surface area contributed by atoms with Crippen molar-refractivity contribution in [1.29, 1.82) is 0 Å². The molecule has 1 atom stereocenters. The monoisotopic (exact) mass is 586 g/mol. The molecule has 1 amide bonds. The smallest absolute Gasteiger partial charge is 0.236 e. The van der Waals surface area contributed by atoms with Gasteiger partial charge in [-0.1, -0.05) is 29.3 Å². The van der Waals surface area contributed by atoms with E-state index in [1.54, 1.807) is 25.3 Å². The highest BCUT2D eigenvalue weighted by Gasteiger charge is 2.25. The highest BCUT2D eigenvalue weighted by atomic mass is 35.5. The number of fused-ring (bicyclic) bond motifs is 1. The minimum atomic E-state index is -0.528. The summed E-state index contributed by atoms with van der Waals surface area (Å²) < 4.78 is 0. The van der Waals surface area contributed by atoms with Crippen LogP contribution in [0.2, 0.25) is 10.0 Å². The van der Waals surface area contributed by atoms with Gasteiger partial charge in [-0.15, -0.1) is 24.8 Å². The third kappa shape index (κ3) is 6.98. The number of pyridine rings is 1. The minimum absolute atomic E-state index is 0. The molecule has 1 aliphatic rings. The Morgan fingerprint density at radius 1 is 1.03 bits per heavy atom. The van der Waals surface area contributed by atoms with Crippen molar-refractivity contribution < 1.29 is 14.7 Å². The highest BCUT2D eigenvalue weighted by Crippen LogP contribution is 2.38. The second kappa shape index (κ2) is 13.0. The molecule has 0 radical (unpaired) electrons. The van der Waals surface area contributed by atoms with Gasteiger partial charge in [0, 0.05) is 23.7 Å². The summed E-state index contributed by atoms with van der Waals surface area (Å²) in [4.78, 5) is 28.9. The first-order valence-corrected chi connectivity index (χ1v) is 12.3. The third-order valence-electron chi connectivity index (χ3n) is 6.43. The van der Waals surface area contributed by atoms with E-state index < -0.39 is 6.04 Å². The molecule has 1 heterocycles. The second-order valence-corrected chi connectivity index (χ2v) is 9.93. The van der Waals surface area contributed by atoms with Crippen LogP contribution >= 0.6 is 48.0 Å². The van der Waals surface area contributed by atoms with Crippen LogP contribution in [0, 0.1) is 0 Å². The Morgan fingerprint density at radius 3 is 2.19 bits per heavy atom. The topological polar surface area (TPSA) is 117 Å². The molecule has 200 valence electrons. The van der Waals surface area contributed by atoms with E-state index in [4.69, 9.17) is 28.9 Å². The maximum atomic E-state index is 12.5. The number of phenolic OH excluding ortho intramolecular Hbond substituents is 1. The number of hydrogen-bond donors (Lipinski definition) is 4. The van der Waals surface area contributed by atoms with Crippen LogP contribution in [0.3, 0.4) is 0 Å². The van der Waals surface area contributed by atoms with Gasteiger partial charge < -0.3 is 21.5 Å². The van der Waals surface area contributed by atoms with Crippen LogP contribution in [-0.2, 0) is 4.79 Å². The summed E-state index contributed by atoms with van der Waals surface area (Å²) in [5.41, 5.74) is 9.24. The van der Waals surface area contributed by atoms with Crippen molar-refractivity contribution in [3.63, 3.8) is 0 Å². The number of aromatic nitrogens is 1. The number of carbonyl (C=O) groups is 2. The van der Waals surface area contributed by atoms with Crippen molar-refractivity contribution >= 4 is 76.3 Å². The Bertz CT molecular complexity index is 1270. The Balaban J connectivity index is 0.00000241. The lowest BCUT2D eigenvalue weighted by Crippen LogP contribution is -2.46. The summed E-state index contributed by atoms with van der Waals surface area (Å²) in [6.07, 6.45) is 4.94. The van der Waals surface area contributed by atoms with Crippen LogP contribution in [0.25, 0.3) is 22.0 Å². The number of amides is 1. The zero-order valence-electron chi connectivity index (χ0n) is 20.4. The zero-order valence-corrected chi connectivity index (χ0v) is 23.5. The number of rotatable bonds is 6. The SMILES string of the molecule is CC(=O)c1cnc2ccc(-c3cc(Cl)c(O)c(Cl)c3)cc2c1NC1CCC(NC(=O)[C@H](C)N)CC1.Cl.Cl. The molecule has 7 nitrogen and oxygen atoms in total. The standard InChI is InChI=1S/C26H28Cl2N4O3.2ClH/c1-13(29)26(35)32-18-6-4-17(5-7-18)31-24-19-9-15(16-10-21(27)25(34)22(28)11-16)3-8-23(19)30-12-20(24)14(2)33;;/h3,8-13,17-18,34H,4-7,29H2,1-2H3,(H,30,31)(H,32,35);2*1H/t13-,17?,18?;;/m0../s1. The molecule has 5 N–H and O–H groups in total. The predicted molar refractivity (Wildman–Crippen MR) is 155 cm³/mol. The molecule has 4 rings (SSSR count). The number of nitrogens with zero attached hydrogens (tertiary/aromatic N) is 1. The molecule has 2 aromatic carbocycles. The molecule has 37 heavy (non-hydrogen) atoms. The Kier molecular flexibility index (Phi) is 10.9. The van der Waals surface area contributed by atoms with Crippen molar-refractivity contribution in [2.45, 2.75) is 57.7 Å². The number of anilines is 1. The van der Waals surface area contributed by atoms with Gasteiger partial charge in [-0.3, -0.25) is 14.6 Å². The third-order valence-corrected chi connectivity index (χ3v) is 7.01. The molecule has 0 aliphatic heterocycles. The highest BCUT2D eigenvalue weighted by molar-refractivity contribution is 6.37. The molecule has 1 fully saturated rings. The van der Waals surface area contributed by atoms with Crippen LogP contribution in [0.4, 0.5) is 5.69 Å². The van der Waals surface area contributed by atoms with Gasteiger partial charge in [0.2, 0.25) is 5.91 Å². The minimum Gasteiger partial charge on any atom is -0.505 e. The number of Topliss-reactive ketones (excluding diaryl/α,β-unsaturated/α-hetero) is 1. The molecule has 1 aliphatic carbocycles. The Labute approximate surface area is 238 Å². The fourth-order valence-corrected chi connectivity index (χ4v) is 4.93. The van der Waals surface area contributed by atoms with Crippen LogP contribution in [-0.4, -0.2) is 39.9 Å². The van der Waals surface area contributed by atoms with Crippen molar-refractivity contribution in [3.05, 3.63) is 52.1 Å². The molecule has 3 aromatic rings. The summed E-state index contributed by atoms with van der Waals surface area (Å²) in [5.74, 6) is -0.378. The first-order chi connectivity index (χ1) is 16.6. The normalized spacial score (nSPS) is 17.8. The Morgan fingerprint density at radius 2 is 1.62 bits per heavy atom. The predicted octanol–water partition coefficient (Wildman–Crippen LogP) is 6.15. The maximum Gasteiger partial charge on any atom is 0.236 e. The number of phenols is 1. The van der Waals surface area contributed by atoms with E-state index in [0.717, 1.165) is 53.4 Å². The maximum absolute atomic E-state index is 12.5. The summed E-state index contributed by atoms with van der Waals surface area (Å²) in [7, 11) is 0. The van der Waals surface area contributed by atoms with Crippen molar-refractivity contribution in [1.82, 2.24) is 10.3 Å². The second-order valence-electron chi connectivity index (χ2n) is 9.11. The molecule has 0 bridgehead atoms. The van der Waals surface area contributed by atoms with Gasteiger partial charge >= 0.3 is 0 Å². The Hall–Kier alpha value is -2.29. The van der Waals surface area contributed by atoms with Gasteiger partial charge in [-0.2, -0.15) is 0 Å². The lowest BCUT2D eigenvalue weighted by atomic mass is 9.90. The lowest BCUT2D eigenvalue weighted by molar-refractivity contribution is -0.122. The largest absolute Gasteiger partial charge is 0.505 e. The van der Waals surface area contributed by atoms with Gasteiger partial charge in [0.1, 0.15) is 0 Å². The van der Waals surface area contributed by atoms with Gasteiger partial charge in [0.05, 0.1) is 32.9 Å². The summed E-state index contributed by atoms with van der Waals surface area (Å²) >= 11 is 12.3. The van der Waals surface area contributed by atoms with Crippen LogP contribution in [0.1, 0.15) is 49.9 Å². The van der Waals surface area contributed by atoms with Crippen molar-refractivity contribution in [2.24, 2.45) is 5.73 Å². The number of nitrogens with one attached hydrogen (secondary N) is 2. The number of benzene rings is 2. The fourth-order valence-electron chi connectivity index (χ4n) is 4.45. The van der Waals surface area contributed by atoms with Gasteiger partial charge in [0.25, 0.3) is 0 Å². The van der Waals surface area contributed by atoms with Crippen molar-refractivity contribution in [2.75, 3.05) is 5.32 Å². The molecule has 0 saturated heterocycles. The van der Waals surface area contributed by atoms with E-state index in [0.29, 0.717) is 5.56 Å². The number of halogens is 4. The van der Waals surface area contributed by atoms with Crippen LogP contribution in [0.15, 0.2) is 36.5 Å². The van der Waals surface area contributed by atoms with E-state index in [1.165, 1.54) is 6.92 Å². The quantitative estimate of drug-likeness (QED) is 0.257. The fraction of sp³-hybridized carbons (Fsp3) is 0.346. The van der Waals surface area contributed by atoms with E-state index in [-0.39, 0.29) is 64.4 Å². The number of aromatic hydroxyl groups is 1. The number of nitrogens with two attached hydrogens (primary N) is 1. The van der Waals surface area contributed by atoms with Gasteiger partial charge in [0.15, 0.2) is 11.5 Å². The molecule has 1 aromatic heterocycles. The van der Waals surface area contributed by atoms with Gasteiger partial charge in [-0.25, -0.2) is 0 Å². The van der Waals surface area contributed by atoms with Gasteiger partial charge in [-0.05, 0) is 74.9 Å². The molecule has 1 saturated carbocycles. The summed E-state index contributed by atoms with van der Waals surface area (Å²) in [6.45, 7) is 3.20. The molecule has 0 unspecified atom stereocenters. The van der Waals surface area contributed by atoms with E-state index in [1.807, 2.05) is 18.2 Å². The summed E-state index contributed by atoms with van der Waals surface area (Å²) in [5, 5.41) is 17.6. The number of hydrogen-bond acceptors (Lipinski definition) is 6. The molecular weight excluding hydrogens is 558 g/mol. The average molecular weight is 588 g/mol. The average Bonchev–Trinajstić information content (AvgIpc) is 2.83. The molecule has 0 spiro atoms. The first kappa shape index (κ1) is 30.9. The van der Waals surface area contributed by atoms with E-state index >= 15 is 0 Å². The number of carbonyl (C=O) groups excluding carboxylic acids is 2. The van der Waals surface area contributed by atoms with Crippen molar-refractivity contribution in [3.8, 4) is 16.9 Å². The van der Waals surface area contributed by atoms with Crippen LogP contribution in [0.5, 0.6) is 5.75 Å². The van der Waals surface area contributed by atoms with E-state index in [9.17, 15) is 14.7 Å². The van der Waals surface area contributed by atoms with E-state index in [2.05, 4.69) is 15.6 Å².